The third-order valence-electron chi connectivity index (χ3n) is 5.47. The molecule has 4 aromatic carbocycles. The van der Waals surface area contributed by atoms with Gasteiger partial charge in [0.25, 0.3) is 10.1 Å². The van der Waals surface area contributed by atoms with E-state index in [0.29, 0.717) is 5.39 Å². The zero-order chi connectivity index (χ0) is 25.8. The molecule has 0 N–H and O–H groups in total. The number of esters is 1. The average molecular weight is 515 g/mol. The number of benzene rings is 4. The van der Waals surface area contributed by atoms with Crippen molar-refractivity contribution in [1.82, 2.24) is 0 Å². The van der Waals surface area contributed by atoms with Crippen molar-refractivity contribution in [2.45, 2.75) is 29.7 Å². The molecule has 0 heterocycles. The summed E-state index contributed by atoms with van der Waals surface area (Å²) in [4.78, 5) is 12.2. The first-order chi connectivity index (χ1) is 17.1. The second-order valence-corrected chi connectivity index (χ2v) is 9.57. The van der Waals surface area contributed by atoms with Gasteiger partial charge in [-0.25, -0.2) is 4.79 Å². The Morgan fingerprint density at radius 3 is 2.00 bits per heavy atom. The van der Waals surface area contributed by atoms with Crippen molar-refractivity contribution >= 4 is 26.9 Å². The van der Waals surface area contributed by atoms with Crippen molar-refractivity contribution in [1.29, 1.82) is 0 Å². The smallest absolute Gasteiger partial charge is 0.425 e. The molecule has 0 radical (unpaired) electrons. The molecule has 0 fully saturated rings. The monoisotopic (exact) mass is 514 g/mol. The van der Waals surface area contributed by atoms with Gasteiger partial charge in [0.2, 0.25) is 0 Å². The van der Waals surface area contributed by atoms with Crippen molar-refractivity contribution in [2.75, 3.05) is 0 Å². The SMILES string of the molecule is O=C(OC(CC(OS(=O)(=O)c1ccccc1)c1ccc2ccccc2c1)C(F)(F)F)c1ccccc1. The summed E-state index contributed by atoms with van der Waals surface area (Å²) in [5.74, 6) is -1.18. The molecule has 186 valence electrons. The van der Waals surface area contributed by atoms with E-state index >= 15 is 0 Å². The molecule has 0 aliphatic heterocycles. The Morgan fingerprint density at radius 2 is 1.36 bits per heavy atom. The molecule has 0 amide bonds. The van der Waals surface area contributed by atoms with Crippen LogP contribution < -0.4 is 0 Å². The summed E-state index contributed by atoms with van der Waals surface area (Å²) in [6.07, 6.45) is -10.1. The lowest BCUT2D eigenvalue weighted by Gasteiger charge is -2.26. The number of ether oxygens (including phenoxy) is 1. The molecule has 0 spiro atoms. The van der Waals surface area contributed by atoms with E-state index in [1.165, 1.54) is 54.6 Å². The van der Waals surface area contributed by atoms with Gasteiger partial charge in [-0.15, -0.1) is 0 Å². The van der Waals surface area contributed by atoms with Crippen LogP contribution in [0.1, 0.15) is 28.4 Å². The molecule has 2 unspecified atom stereocenters. The van der Waals surface area contributed by atoms with Crippen molar-refractivity contribution in [3.63, 3.8) is 0 Å². The highest BCUT2D eigenvalue weighted by atomic mass is 32.2. The lowest BCUT2D eigenvalue weighted by atomic mass is 9.99. The Bertz CT molecular complexity index is 1440. The van der Waals surface area contributed by atoms with E-state index in [9.17, 15) is 26.4 Å². The van der Waals surface area contributed by atoms with Crippen LogP contribution >= 0.6 is 0 Å². The standard InChI is InChI=1S/C27H21F3O5S/c28-27(29,30)25(34-26(31)20-10-3-1-4-11-20)18-24(35-36(32,33)23-13-5-2-6-14-23)22-16-15-19-9-7-8-12-21(19)17-22/h1-17,24-25H,18H2. The van der Waals surface area contributed by atoms with Crippen LogP contribution in [0.3, 0.4) is 0 Å². The molecule has 0 bridgehead atoms. The molecule has 5 nitrogen and oxygen atoms in total. The summed E-state index contributed by atoms with van der Waals surface area (Å²) in [6.45, 7) is 0. The minimum Gasteiger partial charge on any atom is -0.449 e. The topological polar surface area (TPSA) is 69.7 Å². The summed E-state index contributed by atoms with van der Waals surface area (Å²) in [5, 5.41) is 1.50. The first kappa shape index (κ1) is 25.4. The van der Waals surface area contributed by atoms with E-state index in [1.54, 1.807) is 42.5 Å². The van der Waals surface area contributed by atoms with E-state index in [4.69, 9.17) is 8.92 Å². The fourth-order valence-electron chi connectivity index (χ4n) is 3.65. The quantitative estimate of drug-likeness (QED) is 0.199. The summed E-state index contributed by atoms with van der Waals surface area (Å²) < 4.78 is 78.1. The summed E-state index contributed by atoms with van der Waals surface area (Å²) in [5.41, 5.74) is 0.130. The number of carbonyl (C=O) groups is 1. The van der Waals surface area contributed by atoms with Crippen molar-refractivity contribution in [3.05, 3.63) is 114 Å². The zero-order valence-electron chi connectivity index (χ0n) is 18.8. The first-order valence-electron chi connectivity index (χ1n) is 10.9. The highest BCUT2D eigenvalue weighted by Gasteiger charge is 2.45. The third kappa shape index (κ3) is 6.10. The number of fused-ring (bicyclic) bond motifs is 1. The molecule has 0 aromatic heterocycles. The number of carbonyl (C=O) groups excluding carboxylic acids is 1. The van der Waals surface area contributed by atoms with Gasteiger partial charge in [0.1, 0.15) is 6.10 Å². The summed E-state index contributed by atoms with van der Waals surface area (Å²) >= 11 is 0. The molecule has 0 aliphatic rings. The van der Waals surface area contributed by atoms with Gasteiger partial charge < -0.3 is 4.74 Å². The molecule has 36 heavy (non-hydrogen) atoms. The molecule has 0 saturated heterocycles. The molecule has 0 saturated carbocycles. The van der Waals surface area contributed by atoms with Crippen LogP contribution in [0.25, 0.3) is 10.8 Å². The van der Waals surface area contributed by atoms with Crippen LogP contribution in [0.15, 0.2) is 108 Å². The van der Waals surface area contributed by atoms with Crippen molar-refractivity contribution in [2.24, 2.45) is 0 Å². The van der Waals surface area contributed by atoms with E-state index in [2.05, 4.69) is 0 Å². The van der Waals surface area contributed by atoms with E-state index in [1.807, 2.05) is 6.07 Å². The molecule has 4 rings (SSSR count). The number of rotatable bonds is 8. The Hall–Kier alpha value is -3.69. The highest BCUT2D eigenvalue weighted by Crippen LogP contribution is 2.36. The highest BCUT2D eigenvalue weighted by molar-refractivity contribution is 7.86. The van der Waals surface area contributed by atoms with Gasteiger partial charge in [-0.2, -0.15) is 21.6 Å². The van der Waals surface area contributed by atoms with Crippen LogP contribution in [-0.2, 0) is 19.0 Å². The summed E-state index contributed by atoms with van der Waals surface area (Å²) in [7, 11) is -4.44. The maximum Gasteiger partial charge on any atom is 0.425 e. The molecule has 9 heteroatoms. The molecule has 2 atom stereocenters. The van der Waals surface area contributed by atoms with Gasteiger partial charge in [0, 0.05) is 6.42 Å². The maximum atomic E-state index is 14.0. The van der Waals surface area contributed by atoms with Crippen LogP contribution in [0.4, 0.5) is 13.2 Å². The number of hydrogen-bond acceptors (Lipinski definition) is 5. The number of halogens is 3. The normalized spacial score (nSPS) is 13.8. The number of hydrogen-bond donors (Lipinski definition) is 0. The fourth-order valence-corrected chi connectivity index (χ4v) is 4.75. The minimum absolute atomic E-state index is 0.0631. The van der Waals surface area contributed by atoms with Crippen LogP contribution in [0.5, 0.6) is 0 Å². The predicted octanol–water partition coefficient (Wildman–Crippen LogP) is 6.46. The van der Waals surface area contributed by atoms with Gasteiger partial charge in [-0.3, -0.25) is 4.18 Å². The first-order valence-corrected chi connectivity index (χ1v) is 12.3. The maximum absolute atomic E-state index is 14.0. The van der Waals surface area contributed by atoms with Crippen LogP contribution in [-0.4, -0.2) is 26.7 Å². The van der Waals surface area contributed by atoms with Gasteiger partial charge in [0.05, 0.1) is 10.5 Å². The fraction of sp³-hybridized carbons (Fsp3) is 0.148. The molecule has 0 aliphatic carbocycles. The van der Waals surface area contributed by atoms with Crippen molar-refractivity contribution in [3.8, 4) is 0 Å². The van der Waals surface area contributed by atoms with Gasteiger partial charge in [-0.05, 0) is 46.7 Å². The largest absolute Gasteiger partial charge is 0.449 e. The lowest BCUT2D eigenvalue weighted by Crippen LogP contribution is -2.36. The minimum atomic E-state index is -4.97. The molecular formula is C27H21F3O5S. The Balaban J connectivity index is 1.70. The van der Waals surface area contributed by atoms with Crippen LogP contribution in [0, 0.1) is 0 Å². The lowest BCUT2D eigenvalue weighted by molar-refractivity contribution is -0.210. The third-order valence-corrected chi connectivity index (χ3v) is 6.81. The van der Waals surface area contributed by atoms with Crippen LogP contribution in [0.2, 0.25) is 0 Å². The molecule has 4 aromatic rings. The van der Waals surface area contributed by atoms with Gasteiger partial charge >= 0.3 is 12.1 Å². The van der Waals surface area contributed by atoms with Gasteiger partial charge in [-0.1, -0.05) is 72.8 Å². The number of alkyl halides is 3. The average Bonchev–Trinajstić information content (AvgIpc) is 2.88. The van der Waals surface area contributed by atoms with E-state index in [0.717, 1.165) is 5.39 Å². The van der Waals surface area contributed by atoms with E-state index < -0.39 is 40.9 Å². The second kappa shape index (κ2) is 10.5. The zero-order valence-corrected chi connectivity index (χ0v) is 19.6. The predicted molar refractivity (Wildman–Crippen MR) is 128 cm³/mol. The Labute approximate surface area is 206 Å². The summed E-state index contributed by atoms with van der Waals surface area (Å²) in [6, 6.07) is 26.2. The second-order valence-electron chi connectivity index (χ2n) is 8.00. The van der Waals surface area contributed by atoms with E-state index in [-0.39, 0.29) is 16.0 Å². The Kier molecular flexibility index (Phi) is 7.42. The Morgan fingerprint density at radius 1 is 0.778 bits per heavy atom. The van der Waals surface area contributed by atoms with Crippen molar-refractivity contribution < 1.29 is 35.3 Å². The molecular weight excluding hydrogens is 493 g/mol. The van der Waals surface area contributed by atoms with Gasteiger partial charge in [0.15, 0.2) is 6.10 Å².